The summed E-state index contributed by atoms with van der Waals surface area (Å²) in [6, 6.07) is 13.5. The van der Waals surface area contributed by atoms with Crippen molar-refractivity contribution in [3.05, 3.63) is 64.1 Å². The van der Waals surface area contributed by atoms with Crippen LogP contribution >= 0.6 is 22.9 Å². The number of nitrogens with zero attached hydrogens (tertiary/aromatic N) is 5. The maximum atomic E-state index is 13.0. The molecule has 2 aromatic carbocycles. The van der Waals surface area contributed by atoms with Crippen LogP contribution in [0.5, 0.6) is 11.5 Å². The minimum absolute atomic E-state index is 0.0898. The molecule has 2 amide bonds. The lowest BCUT2D eigenvalue weighted by Gasteiger charge is -2.38. The number of amides is 2. The fourth-order valence-corrected chi connectivity index (χ4v) is 6.00. The predicted octanol–water partition coefficient (Wildman–Crippen LogP) is 3.37. The van der Waals surface area contributed by atoms with Gasteiger partial charge in [0.15, 0.2) is 16.6 Å². The Balaban J connectivity index is 0.929. The highest BCUT2D eigenvalue weighted by Gasteiger charge is 2.27. The van der Waals surface area contributed by atoms with E-state index in [2.05, 4.69) is 26.2 Å². The second kappa shape index (κ2) is 12.0. The van der Waals surface area contributed by atoms with E-state index < -0.39 is 0 Å². The van der Waals surface area contributed by atoms with E-state index in [4.69, 9.17) is 21.1 Å². The molecule has 2 fully saturated rings. The van der Waals surface area contributed by atoms with Crippen molar-refractivity contribution in [2.75, 3.05) is 71.0 Å². The van der Waals surface area contributed by atoms with Crippen molar-refractivity contribution in [1.82, 2.24) is 24.6 Å². The van der Waals surface area contributed by atoms with E-state index in [1.807, 2.05) is 40.1 Å². The van der Waals surface area contributed by atoms with Gasteiger partial charge in [-0.2, -0.15) is 0 Å². The molecule has 0 unspecified atom stereocenters. The number of carbonyl (C=O) groups is 2. The second-order valence-electron chi connectivity index (χ2n) is 10.1. The normalized spacial score (nSPS) is 17.7. The zero-order valence-corrected chi connectivity index (χ0v) is 23.6. The van der Waals surface area contributed by atoms with Gasteiger partial charge in [-0.05, 0) is 29.8 Å². The largest absolute Gasteiger partial charge is 0.454 e. The highest BCUT2D eigenvalue weighted by Crippen LogP contribution is 2.33. The fraction of sp³-hybridized carbons (Fsp3) is 0.393. The molecule has 1 aromatic heterocycles. The molecule has 40 heavy (non-hydrogen) atoms. The maximum Gasteiger partial charge on any atom is 0.273 e. The fourth-order valence-electron chi connectivity index (χ4n) is 5.12. The third-order valence-electron chi connectivity index (χ3n) is 7.43. The van der Waals surface area contributed by atoms with E-state index in [-0.39, 0.29) is 18.6 Å². The second-order valence-corrected chi connectivity index (χ2v) is 11.3. The van der Waals surface area contributed by atoms with Crippen LogP contribution < -0.4 is 14.8 Å². The van der Waals surface area contributed by atoms with Gasteiger partial charge in [-0.15, -0.1) is 11.3 Å². The SMILES string of the molecule is O=C(CN1CCN(C(=O)c2csc(Nc3ccccc3Cl)n2)CC1)N1CCN(Cc2ccc3c(c2)OCO3)CC1. The van der Waals surface area contributed by atoms with Gasteiger partial charge in [0.25, 0.3) is 5.91 Å². The first-order valence-electron chi connectivity index (χ1n) is 13.4. The van der Waals surface area contributed by atoms with Gasteiger partial charge in [0.05, 0.1) is 17.3 Å². The number of hydrogen-bond acceptors (Lipinski definition) is 9. The molecule has 4 heterocycles. The van der Waals surface area contributed by atoms with Gasteiger partial charge in [-0.25, -0.2) is 4.98 Å². The third-order valence-corrected chi connectivity index (χ3v) is 8.51. The summed E-state index contributed by atoms with van der Waals surface area (Å²) in [4.78, 5) is 38.8. The molecule has 1 N–H and O–H groups in total. The molecular formula is C28H31ClN6O4S. The van der Waals surface area contributed by atoms with E-state index in [9.17, 15) is 9.59 Å². The van der Waals surface area contributed by atoms with Gasteiger partial charge in [0, 0.05) is 64.3 Å². The Morgan fingerprint density at radius 3 is 2.42 bits per heavy atom. The summed E-state index contributed by atoms with van der Waals surface area (Å²) in [6.07, 6.45) is 0. The number of anilines is 2. The molecule has 2 saturated heterocycles. The Hall–Kier alpha value is -3.38. The first-order chi connectivity index (χ1) is 19.5. The van der Waals surface area contributed by atoms with Crippen molar-refractivity contribution in [2.24, 2.45) is 0 Å². The Morgan fingerprint density at radius 1 is 0.900 bits per heavy atom. The minimum Gasteiger partial charge on any atom is -0.454 e. The van der Waals surface area contributed by atoms with E-state index in [0.717, 1.165) is 49.9 Å². The molecule has 3 aliphatic heterocycles. The quantitative estimate of drug-likeness (QED) is 0.454. The molecule has 0 radical (unpaired) electrons. The van der Waals surface area contributed by atoms with Crippen molar-refractivity contribution < 1.29 is 19.1 Å². The van der Waals surface area contributed by atoms with Crippen molar-refractivity contribution in [2.45, 2.75) is 6.54 Å². The van der Waals surface area contributed by atoms with Crippen LogP contribution in [-0.2, 0) is 11.3 Å². The first kappa shape index (κ1) is 26.8. The Bertz CT molecular complexity index is 1370. The topological polar surface area (TPSA) is 90.5 Å². The van der Waals surface area contributed by atoms with Gasteiger partial charge in [-0.3, -0.25) is 19.4 Å². The average Bonchev–Trinajstić information content (AvgIpc) is 3.64. The number of thiazole rings is 1. The number of benzene rings is 2. The minimum atomic E-state index is -0.0898. The summed E-state index contributed by atoms with van der Waals surface area (Å²) >= 11 is 7.59. The number of fused-ring (bicyclic) bond motifs is 1. The molecule has 0 saturated carbocycles. The Kier molecular flexibility index (Phi) is 8.05. The van der Waals surface area contributed by atoms with E-state index in [0.29, 0.717) is 48.6 Å². The first-order valence-corrected chi connectivity index (χ1v) is 14.6. The zero-order valence-electron chi connectivity index (χ0n) is 22.1. The van der Waals surface area contributed by atoms with E-state index in [1.165, 1.54) is 16.9 Å². The molecule has 210 valence electrons. The zero-order chi connectivity index (χ0) is 27.5. The molecule has 3 aliphatic rings. The number of para-hydroxylation sites is 1. The molecule has 3 aromatic rings. The van der Waals surface area contributed by atoms with E-state index in [1.54, 1.807) is 11.4 Å². The highest BCUT2D eigenvalue weighted by molar-refractivity contribution is 7.14. The van der Waals surface area contributed by atoms with Crippen molar-refractivity contribution in [1.29, 1.82) is 0 Å². The highest BCUT2D eigenvalue weighted by atomic mass is 35.5. The van der Waals surface area contributed by atoms with E-state index >= 15 is 0 Å². The lowest BCUT2D eigenvalue weighted by Crippen LogP contribution is -2.54. The molecular weight excluding hydrogens is 552 g/mol. The number of piperazine rings is 2. The van der Waals surface area contributed by atoms with Gasteiger partial charge in [0.2, 0.25) is 12.7 Å². The van der Waals surface area contributed by atoms with Gasteiger partial charge in [-0.1, -0.05) is 29.8 Å². The number of halogens is 1. The summed E-state index contributed by atoms with van der Waals surface area (Å²) in [6.45, 7) is 7.06. The summed E-state index contributed by atoms with van der Waals surface area (Å²) < 4.78 is 10.9. The molecule has 12 heteroatoms. The lowest BCUT2D eigenvalue weighted by atomic mass is 10.1. The standard InChI is InChI=1S/C28H31ClN6O4S/c29-21-3-1-2-4-22(21)30-28-31-23(18-40-28)27(37)35-13-9-33(10-14-35)17-26(36)34-11-7-32(8-12-34)16-20-5-6-24-25(15-20)39-19-38-24/h1-6,15,18H,7-14,16-17,19H2,(H,30,31). The van der Waals surface area contributed by atoms with Gasteiger partial charge in [0.1, 0.15) is 5.69 Å². The van der Waals surface area contributed by atoms with Crippen LogP contribution in [0.25, 0.3) is 0 Å². The molecule has 0 aliphatic carbocycles. The number of aromatic nitrogens is 1. The summed E-state index contributed by atoms with van der Waals surface area (Å²) in [5.41, 5.74) is 2.35. The number of nitrogens with one attached hydrogen (secondary N) is 1. The molecule has 0 atom stereocenters. The Morgan fingerprint density at radius 2 is 1.62 bits per heavy atom. The summed E-state index contributed by atoms with van der Waals surface area (Å²) in [5.74, 6) is 1.66. The predicted molar refractivity (Wildman–Crippen MR) is 154 cm³/mol. The van der Waals surface area contributed by atoms with Crippen molar-refractivity contribution >= 4 is 45.6 Å². The van der Waals surface area contributed by atoms with Crippen LogP contribution in [0.1, 0.15) is 16.1 Å². The number of rotatable bonds is 7. The van der Waals surface area contributed by atoms with Crippen molar-refractivity contribution in [3.63, 3.8) is 0 Å². The monoisotopic (exact) mass is 582 g/mol. The number of hydrogen-bond donors (Lipinski definition) is 1. The van der Waals surface area contributed by atoms with Crippen LogP contribution in [0.2, 0.25) is 5.02 Å². The Labute approximate surface area is 242 Å². The van der Waals surface area contributed by atoms with Crippen LogP contribution in [0, 0.1) is 0 Å². The molecule has 0 spiro atoms. The van der Waals surface area contributed by atoms with Crippen LogP contribution in [-0.4, -0.2) is 102 Å². The smallest absolute Gasteiger partial charge is 0.273 e. The number of ether oxygens (including phenoxy) is 2. The van der Waals surface area contributed by atoms with Crippen LogP contribution in [0.3, 0.4) is 0 Å². The lowest BCUT2D eigenvalue weighted by molar-refractivity contribution is -0.134. The molecule has 0 bridgehead atoms. The maximum absolute atomic E-state index is 13.0. The number of carbonyl (C=O) groups excluding carboxylic acids is 2. The third kappa shape index (κ3) is 6.17. The van der Waals surface area contributed by atoms with Crippen LogP contribution in [0.15, 0.2) is 47.8 Å². The summed E-state index contributed by atoms with van der Waals surface area (Å²) in [7, 11) is 0. The van der Waals surface area contributed by atoms with Gasteiger partial charge < -0.3 is 24.6 Å². The summed E-state index contributed by atoms with van der Waals surface area (Å²) in [5, 5.41) is 6.16. The van der Waals surface area contributed by atoms with Crippen molar-refractivity contribution in [3.8, 4) is 11.5 Å². The van der Waals surface area contributed by atoms with Gasteiger partial charge >= 0.3 is 0 Å². The molecule has 6 rings (SSSR count). The van der Waals surface area contributed by atoms with Crippen LogP contribution in [0.4, 0.5) is 10.8 Å². The molecule has 10 nitrogen and oxygen atoms in total. The average molecular weight is 583 g/mol.